The van der Waals surface area contributed by atoms with Crippen molar-refractivity contribution in [2.45, 2.75) is 32.2 Å². The number of pyridine rings is 1. The maximum absolute atomic E-state index is 12.3. The fourth-order valence-electron chi connectivity index (χ4n) is 1.78. The molecule has 0 unspecified atom stereocenters. The summed E-state index contributed by atoms with van der Waals surface area (Å²) >= 11 is 11.6. The molecule has 1 saturated carbocycles. The van der Waals surface area contributed by atoms with Gasteiger partial charge in [-0.2, -0.15) is 0 Å². The van der Waals surface area contributed by atoms with Gasteiger partial charge in [-0.25, -0.2) is 4.98 Å². The van der Waals surface area contributed by atoms with E-state index in [4.69, 9.17) is 23.2 Å². The van der Waals surface area contributed by atoms with Crippen LogP contribution in [0.5, 0.6) is 0 Å². The fourth-order valence-corrected chi connectivity index (χ4v) is 2.05. The van der Waals surface area contributed by atoms with Gasteiger partial charge >= 0.3 is 0 Å². The molecule has 17 heavy (non-hydrogen) atoms. The quantitative estimate of drug-likeness (QED) is 0.788. The van der Waals surface area contributed by atoms with Crippen LogP contribution in [0.3, 0.4) is 0 Å². The van der Waals surface area contributed by atoms with Crippen molar-refractivity contribution in [2.24, 2.45) is 0 Å². The molecule has 1 aliphatic rings. The minimum absolute atomic E-state index is 0.000386. The summed E-state index contributed by atoms with van der Waals surface area (Å²) in [7, 11) is 0. The van der Waals surface area contributed by atoms with Crippen LogP contribution < -0.4 is 0 Å². The highest BCUT2D eigenvalue weighted by Gasteiger charge is 2.32. The summed E-state index contributed by atoms with van der Waals surface area (Å²) in [5.41, 5.74) is 0.514. The summed E-state index contributed by atoms with van der Waals surface area (Å²) in [6.07, 6.45) is 4.64. The molecule has 0 N–H and O–H groups in total. The highest BCUT2D eigenvalue weighted by Crippen LogP contribution is 2.29. The van der Waals surface area contributed by atoms with Gasteiger partial charge in [0.15, 0.2) is 0 Å². The summed E-state index contributed by atoms with van der Waals surface area (Å²) in [5, 5.41) is 0.557. The van der Waals surface area contributed by atoms with Crippen molar-refractivity contribution in [3.05, 3.63) is 28.0 Å². The van der Waals surface area contributed by atoms with Crippen molar-refractivity contribution >= 4 is 29.1 Å². The smallest absolute Gasteiger partial charge is 0.255 e. The lowest BCUT2D eigenvalue weighted by atomic mass is 10.2. The lowest BCUT2D eigenvalue weighted by Crippen LogP contribution is -2.33. The van der Waals surface area contributed by atoms with Crippen molar-refractivity contribution in [3.8, 4) is 0 Å². The molecule has 0 aromatic carbocycles. The molecule has 0 bridgehead atoms. The zero-order valence-corrected chi connectivity index (χ0v) is 11.1. The van der Waals surface area contributed by atoms with Crippen LogP contribution in [0, 0.1) is 0 Å². The molecule has 1 aromatic rings. The third-order valence-electron chi connectivity index (χ3n) is 2.76. The number of carbonyl (C=O) groups is 1. The van der Waals surface area contributed by atoms with Gasteiger partial charge in [-0.15, -0.1) is 0 Å². The summed E-state index contributed by atoms with van der Waals surface area (Å²) in [5.74, 6) is 0.000386. The van der Waals surface area contributed by atoms with E-state index >= 15 is 0 Å². The minimum Gasteiger partial charge on any atom is -0.336 e. The molecule has 0 saturated heterocycles. The van der Waals surface area contributed by atoms with Gasteiger partial charge in [-0.1, -0.05) is 30.1 Å². The third kappa shape index (κ3) is 2.90. The number of hydrogen-bond acceptors (Lipinski definition) is 2. The molecule has 0 aliphatic heterocycles. The molecule has 0 atom stereocenters. The zero-order valence-electron chi connectivity index (χ0n) is 9.62. The first kappa shape index (κ1) is 12.7. The van der Waals surface area contributed by atoms with Gasteiger partial charge in [0, 0.05) is 18.8 Å². The Bertz CT molecular complexity index is 433. The molecule has 0 radical (unpaired) electrons. The topological polar surface area (TPSA) is 33.2 Å². The largest absolute Gasteiger partial charge is 0.336 e. The van der Waals surface area contributed by atoms with Gasteiger partial charge in [0.2, 0.25) is 0 Å². The average Bonchev–Trinajstić information content (AvgIpc) is 3.13. The number of hydrogen-bond donors (Lipinski definition) is 0. The molecule has 92 valence electrons. The molecule has 1 aromatic heterocycles. The molecule has 5 heteroatoms. The van der Waals surface area contributed by atoms with Crippen LogP contribution in [-0.4, -0.2) is 28.4 Å². The third-order valence-corrected chi connectivity index (χ3v) is 3.44. The fraction of sp³-hybridized carbons (Fsp3) is 0.500. The Balaban J connectivity index is 2.19. The van der Waals surface area contributed by atoms with E-state index in [1.54, 1.807) is 6.07 Å². The summed E-state index contributed by atoms with van der Waals surface area (Å²) in [6, 6.07) is 1.99. The average molecular weight is 273 g/mol. The Morgan fingerprint density at radius 1 is 1.53 bits per heavy atom. The van der Waals surface area contributed by atoms with E-state index < -0.39 is 0 Å². The van der Waals surface area contributed by atoms with E-state index in [9.17, 15) is 4.79 Å². The summed E-state index contributed by atoms with van der Waals surface area (Å²) in [4.78, 5) is 18.1. The van der Waals surface area contributed by atoms with Crippen molar-refractivity contribution in [2.75, 3.05) is 6.54 Å². The molecular formula is C12H14Cl2N2O. The second-order valence-electron chi connectivity index (χ2n) is 4.23. The Morgan fingerprint density at radius 3 is 2.76 bits per heavy atom. The SMILES string of the molecule is CCCN(C(=O)c1cnc(Cl)c(Cl)c1)C1CC1. The number of aromatic nitrogens is 1. The van der Waals surface area contributed by atoms with Crippen molar-refractivity contribution < 1.29 is 4.79 Å². The van der Waals surface area contributed by atoms with E-state index in [1.807, 2.05) is 4.90 Å². The first-order valence-corrected chi connectivity index (χ1v) is 6.51. The summed E-state index contributed by atoms with van der Waals surface area (Å²) < 4.78 is 0. The molecule has 1 aliphatic carbocycles. The Labute approximate surface area is 111 Å². The highest BCUT2D eigenvalue weighted by molar-refractivity contribution is 6.41. The minimum atomic E-state index is 0.000386. The van der Waals surface area contributed by atoms with E-state index in [0.29, 0.717) is 16.6 Å². The van der Waals surface area contributed by atoms with Gasteiger partial charge in [0.1, 0.15) is 5.15 Å². The normalized spacial score (nSPS) is 14.8. The first-order chi connectivity index (χ1) is 8.13. The van der Waals surface area contributed by atoms with E-state index in [0.717, 1.165) is 25.8 Å². The van der Waals surface area contributed by atoms with Gasteiger partial charge in [-0.05, 0) is 25.3 Å². The first-order valence-electron chi connectivity index (χ1n) is 5.75. The van der Waals surface area contributed by atoms with E-state index in [2.05, 4.69) is 11.9 Å². The maximum Gasteiger partial charge on any atom is 0.255 e. The van der Waals surface area contributed by atoms with Crippen LogP contribution in [0.2, 0.25) is 10.2 Å². The Hall–Kier alpha value is -0.800. The highest BCUT2D eigenvalue weighted by atomic mass is 35.5. The van der Waals surface area contributed by atoms with Crippen LogP contribution in [0.4, 0.5) is 0 Å². The summed E-state index contributed by atoms with van der Waals surface area (Å²) in [6.45, 7) is 2.85. The Kier molecular flexibility index (Phi) is 3.89. The predicted octanol–water partition coefficient (Wildman–Crippen LogP) is 3.40. The van der Waals surface area contributed by atoms with E-state index in [-0.39, 0.29) is 11.1 Å². The van der Waals surface area contributed by atoms with E-state index in [1.165, 1.54) is 6.20 Å². The number of carbonyl (C=O) groups excluding carboxylic acids is 1. The van der Waals surface area contributed by atoms with Crippen molar-refractivity contribution in [1.29, 1.82) is 0 Å². The standard InChI is InChI=1S/C12H14Cl2N2O/c1-2-5-16(9-3-4-9)12(17)8-6-10(13)11(14)15-7-8/h6-7,9H,2-5H2,1H3. The van der Waals surface area contributed by atoms with Crippen LogP contribution in [0.15, 0.2) is 12.3 Å². The van der Waals surface area contributed by atoms with Crippen LogP contribution in [0.25, 0.3) is 0 Å². The molecule has 1 heterocycles. The van der Waals surface area contributed by atoms with Crippen LogP contribution in [-0.2, 0) is 0 Å². The molecule has 0 spiro atoms. The monoisotopic (exact) mass is 272 g/mol. The van der Waals surface area contributed by atoms with Gasteiger partial charge < -0.3 is 4.90 Å². The molecule has 1 amide bonds. The zero-order chi connectivity index (χ0) is 12.4. The lowest BCUT2D eigenvalue weighted by Gasteiger charge is -2.21. The molecular weight excluding hydrogens is 259 g/mol. The number of nitrogens with zero attached hydrogens (tertiary/aromatic N) is 2. The number of rotatable bonds is 4. The Morgan fingerprint density at radius 2 is 2.24 bits per heavy atom. The number of amides is 1. The van der Waals surface area contributed by atoms with Crippen LogP contribution >= 0.6 is 23.2 Å². The molecule has 1 fully saturated rings. The second-order valence-corrected chi connectivity index (χ2v) is 4.99. The van der Waals surface area contributed by atoms with Gasteiger partial charge in [-0.3, -0.25) is 4.79 Å². The molecule has 3 nitrogen and oxygen atoms in total. The number of halogens is 2. The van der Waals surface area contributed by atoms with Crippen molar-refractivity contribution in [1.82, 2.24) is 9.88 Å². The van der Waals surface area contributed by atoms with Crippen molar-refractivity contribution in [3.63, 3.8) is 0 Å². The molecule has 2 rings (SSSR count). The van der Waals surface area contributed by atoms with Gasteiger partial charge in [0.25, 0.3) is 5.91 Å². The predicted molar refractivity (Wildman–Crippen MR) is 68.6 cm³/mol. The maximum atomic E-state index is 12.3. The lowest BCUT2D eigenvalue weighted by molar-refractivity contribution is 0.0742. The van der Waals surface area contributed by atoms with Crippen LogP contribution in [0.1, 0.15) is 36.5 Å². The second kappa shape index (κ2) is 5.23. The van der Waals surface area contributed by atoms with Gasteiger partial charge in [0.05, 0.1) is 10.6 Å².